The Hall–Kier alpha value is -2.87. The van der Waals surface area contributed by atoms with Crippen molar-refractivity contribution in [3.05, 3.63) is 89.5 Å². The number of likely N-dealkylation sites (tertiary alicyclic amines) is 2. The number of anilines is 2. The lowest BCUT2D eigenvalue weighted by Crippen LogP contribution is -2.31. The molecule has 3 aromatic carbocycles. The van der Waals surface area contributed by atoms with E-state index < -0.39 is 10.0 Å². The number of sulfonamides is 1. The molecule has 5 rings (SSSR count). The van der Waals surface area contributed by atoms with Crippen molar-refractivity contribution in [3.8, 4) is 0 Å². The minimum atomic E-state index is -3.57. The third-order valence-corrected chi connectivity index (χ3v) is 10.4. The second-order valence-corrected chi connectivity index (χ2v) is 14.5. The zero-order chi connectivity index (χ0) is 31.5. The zero-order valence-corrected chi connectivity index (χ0v) is 28.2. The van der Waals surface area contributed by atoms with Crippen molar-refractivity contribution >= 4 is 21.4 Å². The zero-order valence-electron chi connectivity index (χ0n) is 27.3. The van der Waals surface area contributed by atoms with Crippen LogP contribution in [0.5, 0.6) is 0 Å². The maximum atomic E-state index is 12.6. The maximum absolute atomic E-state index is 12.6. The van der Waals surface area contributed by atoms with Gasteiger partial charge >= 0.3 is 0 Å². The van der Waals surface area contributed by atoms with Crippen LogP contribution in [0.2, 0.25) is 0 Å². The first-order valence-electron chi connectivity index (χ1n) is 16.7. The van der Waals surface area contributed by atoms with Crippen molar-refractivity contribution in [1.82, 2.24) is 9.80 Å². The van der Waals surface area contributed by atoms with E-state index in [1.165, 1.54) is 75.7 Å². The van der Waals surface area contributed by atoms with E-state index in [1.54, 1.807) is 12.1 Å². The van der Waals surface area contributed by atoms with E-state index in [1.807, 2.05) is 48.5 Å². The lowest BCUT2D eigenvalue weighted by atomic mass is 10.0. The molecule has 6 nitrogen and oxygen atoms in total. The Labute approximate surface area is 267 Å². The van der Waals surface area contributed by atoms with Crippen molar-refractivity contribution in [1.29, 1.82) is 0 Å². The van der Waals surface area contributed by atoms with Gasteiger partial charge in [0.05, 0.1) is 4.90 Å². The lowest BCUT2D eigenvalue weighted by molar-refractivity contribution is 0.253. The Kier molecular flexibility index (Phi) is 12.7. The minimum absolute atomic E-state index is 0.294. The molecule has 0 radical (unpaired) electrons. The highest BCUT2D eigenvalue weighted by Crippen LogP contribution is 2.24. The Balaban J connectivity index is 0.000000233. The van der Waals surface area contributed by atoms with Crippen molar-refractivity contribution < 1.29 is 8.42 Å². The third kappa shape index (κ3) is 9.82. The summed E-state index contributed by atoms with van der Waals surface area (Å²) in [5.74, 6) is 0.380. The van der Waals surface area contributed by atoms with E-state index in [-0.39, 0.29) is 0 Å². The van der Waals surface area contributed by atoms with Gasteiger partial charge in [0.15, 0.2) is 0 Å². The minimum Gasteiger partial charge on any atom is -0.399 e. The number of nitrogens with zero attached hydrogens (tertiary/aromatic N) is 2. The van der Waals surface area contributed by atoms with Gasteiger partial charge in [0.2, 0.25) is 0 Å². The number of hydrogen-bond donors (Lipinski definition) is 2. The van der Waals surface area contributed by atoms with Crippen LogP contribution >= 0.6 is 0 Å². The largest absolute Gasteiger partial charge is 0.399 e. The van der Waals surface area contributed by atoms with Crippen LogP contribution in [0.3, 0.4) is 0 Å². The fourth-order valence-corrected chi connectivity index (χ4v) is 7.63. The van der Waals surface area contributed by atoms with E-state index in [0.717, 1.165) is 30.3 Å². The first kappa shape index (κ1) is 34.0. The fraction of sp³-hybridized carbons (Fsp3) is 0.514. The Bertz CT molecular complexity index is 1370. The molecule has 7 heteroatoms. The monoisotopic (exact) mass is 618 g/mol. The second-order valence-electron chi connectivity index (χ2n) is 12.8. The first-order chi connectivity index (χ1) is 21.2. The molecular formula is C37H54N4O2S. The van der Waals surface area contributed by atoms with E-state index in [9.17, 15) is 8.42 Å². The Morgan fingerprint density at radius 3 is 1.68 bits per heavy atom. The van der Waals surface area contributed by atoms with Crippen molar-refractivity contribution in [2.75, 3.05) is 36.6 Å². The normalized spacial score (nSPS) is 19.2. The van der Waals surface area contributed by atoms with Gasteiger partial charge < -0.3 is 15.5 Å². The van der Waals surface area contributed by atoms with Crippen LogP contribution in [-0.2, 0) is 22.9 Å². The molecule has 0 spiro atoms. The summed E-state index contributed by atoms with van der Waals surface area (Å²) < 4.78 is 28.0. The Morgan fingerprint density at radius 1 is 0.750 bits per heavy atom. The van der Waals surface area contributed by atoms with Gasteiger partial charge in [0, 0.05) is 23.5 Å². The summed E-state index contributed by atoms with van der Waals surface area (Å²) in [5.41, 5.74) is 11.0. The van der Waals surface area contributed by atoms with Crippen LogP contribution in [0.4, 0.5) is 11.4 Å². The maximum Gasteiger partial charge on any atom is 0.261 e. The van der Waals surface area contributed by atoms with Gasteiger partial charge in [-0.2, -0.15) is 0 Å². The summed E-state index contributed by atoms with van der Waals surface area (Å²) in [4.78, 5) is 5.51. The Morgan fingerprint density at radius 2 is 1.23 bits per heavy atom. The molecule has 2 aliphatic heterocycles. The van der Waals surface area contributed by atoms with Crippen molar-refractivity contribution in [3.63, 3.8) is 0 Å². The highest BCUT2D eigenvalue weighted by Gasteiger charge is 2.24. The predicted octanol–water partition coefficient (Wildman–Crippen LogP) is 7.71. The van der Waals surface area contributed by atoms with Gasteiger partial charge in [-0.1, -0.05) is 64.1 Å². The van der Waals surface area contributed by atoms with E-state index in [2.05, 4.69) is 54.3 Å². The number of nitrogens with one attached hydrogen (secondary N) is 1. The molecule has 0 saturated carbocycles. The average molecular weight is 619 g/mol. The predicted molar refractivity (Wildman–Crippen MR) is 186 cm³/mol. The number of hydrogen-bond acceptors (Lipinski definition) is 5. The summed E-state index contributed by atoms with van der Waals surface area (Å²) >= 11 is 0. The molecule has 2 unspecified atom stereocenters. The van der Waals surface area contributed by atoms with Gasteiger partial charge in [0.1, 0.15) is 0 Å². The standard InChI is InChI=1S/C23H32N2O2S.C14H22N2/c1-4-15-25-16-5-6-22(25)17-19-7-11-21(12-8-19)24-28(26,27)23-13-9-20(10-14-23)18(2)3;1-2-9-16-10-3-4-14(16)11-12-5-7-13(15)8-6-12/h7-14,18,22,24H,4-6,15-17H2,1-3H3;5-8,14H,2-4,9-11,15H2,1H3. The molecule has 2 saturated heterocycles. The highest BCUT2D eigenvalue weighted by molar-refractivity contribution is 7.92. The summed E-state index contributed by atoms with van der Waals surface area (Å²) in [6.45, 7) is 13.6. The van der Waals surface area contributed by atoms with Gasteiger partial charge in [0.25, 0.3) is 10.0 Å². The topological polar surface area (TPSA) is 78.7 Å². The molecule has 0 bridgehead atoms. The van der Waals surface area contributed by atoms with Gasteiger partial charge in [-0.15, -0.1) is 0 Å². The molecular weight excluding hydrogens is 565 g/mol. The fourth-order valence-electron chi connectivity index (χ4n) is 6.57. The molecule has 0 aromatic heterocycles. The third-order valence-electron chi connectivity index (χ3n) is 9.01. The number of rotatable bonds is 12. The molecule has 2 heterocycles. The SMILES string of the molecule is CCCN1CCCC1Cc1ccc(N)cc1.CCCN1CCCC1Cc1ccc(NS(=O)(=O)c2ccc(C(C)C)cc2)cc1. The average Bonchev–Trinajstić information content (AvgIpc) is 3.65. The van der Waals surface area contributed by atoms with Crippen LogP contribution in [0.25, 0.3) is 0 Å². The molecule has 2 atom stereocenters. The quantitative estimate of drug-likeness (QED) is 0.203. The number of nitrogen functional groups attached to an aromatic ring is 1. The molecule has 240 valence electrons. The first-order valence-corrected chi connectivity index (χ1v) is 18.2. The van der Waals surface area contributed by atoms with Crippen LogP contribution in [0.15, 0.2) is 77.7 Å². The highest BCUT2D eigenvalue weighted by atomic mass is 32.2. The number of nitrogens with two attached hydrogens (primary N) is 1. The van der Waals surface area contributed by atoms with Crippen LogP contribution in [0.1, 0.15) is 88.8 Å². The molecule has 2 aliphatic rings. The molecule has 44 heavy (non-hydrogen) atoms. The van der Waals surface area contributed by atoms with Crippen LogP contribution < -0.4 is 10.5 Å². The van der Waals surface area contributed by atoms with E-state index in [0.29, 0.717) is 22.5 Å². The smallest absolute Gasteiger partial charge is 0.261 e. The molecule has 3 N–H and O–H groups in total. The van der Waals surface area contributed by atoms with E-state index >= 15 is 0 Å². The molecule has 2 fully saturated rings. The van der Waals surface area contributed by atoms with Crippen LogP contribution in [-0.4, -0.2) is 56.5 Å². The van der Waals surface area contributed by atoms with Gasteiger partial charge in [-0.05, 0) is 137 Å². The summed E-state index contributed by atoms with van der Waals surface area (Å²) in [5, 5.41) is 0. The summed E-state index contributed by atoms with van der Waals surface area (Å²) in [7, 11) is -3.57. The summed E-state index contributed by atoms with van der Waals surface area (Å²) in [6.07, 6.45) is 9.90. The van der Waals surface area contributed by atoms with Crippen molar-refractivity contribution in [2.45, 2.75) is 102 Å². The lowest BCUT2D eigenvalue weighted by Gasteiger charge is -2.24. The molecule has 0 aliphatic carbocycles. The van der Waals surface area contributed by atoms with Gasteiger partial charge in [-0.3, -0.25) is 4.72 Å². The second kappa shape index (κ2) is 16.4. The van der Waals surface area contributed by atoms with Crippen LogP contribution in [0, 0.1) is 0 Å². The molecule has 3 aromatic rings. The van der Waals surface area contributed by atoms with Crippen molar-refractivity contribution in [2.24, 2.45) is 0 Å². The van der Waals surface area contributed by atoms with E-state index in [4.69, 9.17) is 5.73 Å². The van der Waals surface area contributed by atoms with Gasteiger partial charge in [-0.25, -0.2) is 8.42 Å². The number of benzene rings is 3. The summed E-state index contributed by atoms with van der Waals surface area (Å²) in [6, 6.07) is 24.7. The molecule has 0 amide bonds.